The summed E-state index contributed by atoms with van der Waals surface area (Å²) >= 11 is 3.11. The molecule has 0 aliphatic heterocycles. The van der Waals surface area contributed by atoms with Crippen LogP contribution in [0.1, 0.15) is 11.5 Å². The summed E-state index contributed by atoms with van der Waals surface area (Å²) in [5, 5.41) is 2.85. The largest absolute Gasteiger partial charge is 0.573 e. The zero-order chi connectivity index (χ0) is 14.8. The standard InChI is InChI=1S/C13H11BrF3NO2/c1-8-2-4-10(19-8)7-18-11-5-3-9(14)6-12(11)20-13(15,16)17/h2-6,18H,7H2,1H3. The normalized spacial score (nSPS) is 11.4. The van der Waals surface area contributed by atoms with Crippen molar-refractivity contribution >= 4 is 21.6 Å². The number of anilines is 1. The first-order valence-electron chi connectivity index (χ1n) is 5.68. The minimum atomic E-state index is -4.74. The highest BCUT2D eigenvalue weighted by Gasteiger charge is 2.32. The predicted molar refractivity (Wildman–Crippen MR) is 71.6 cm³/mol. The molecule has 1 aromatic heterocycles. The van der Waals surface area contributed by atoms with E-state index in [1.54, 1.807) is 25.1 Å². The molecule has 0 atom stereocenters. The number of hydrogen-bond donors (Lipinski definition) is 1. The van der Waals surface area contributed by atoms with Crippen molar-refractivity contribution in [3.8, 4) is 5.75 Å². The topological polar surface area (TPSA) is 34.4 Å². The van der Waals surface area contributed by atoms with Gasteiger partial charge < -0.3 is 14.5 Å². The van der Waals surface area contributed by atoms with Crippen LogP contribution in [-0.2, 0) is 6.54 Å². The maximum Gasteiger partial charge on any atom is 0.573 e. The van der Waals surface area contributed by atoms with Gasteiger partial charge in [-0.05, 0) is 37.3 Å². The Morgan fingerprint density at radius 3 is 2.60 bits per heavy atom. The number of alkyl halides is 3. The molecule has 1 N–H and O–H groups in total. The zero-order valence-corrected chi connectivity index (χ0v) is 12.0. The highest BCUT2D eigenvalue weighted by Crippen LogP contribution is 2.33. The SMILES string of the molecule is Cc1ccc(CNc2ccc(Br)cc2OC(F)(F)F)o1. The fourth-order valence-corrected chi connectivity index (χ4v) is 1.95. The Labute approximate surface area is 121 Å². The average Bonchev–Trinajstić information content (AvgIpc) is 2.72. The van der Waals surface area contributed by atoms with Gasteiger partial charge in [0.15, 0.2) is 5.75 Å². The van der Waals surface area contributed by atoms with Crippen LogP contribution in [0.25, 0.3) is 0 Å². The van der Waals surface area contributed by atoms with Crippen LogP contribution in [0.2, 0.25) is 0 Å². The number of rotatable bonds is 4. The van der Waals surface area contributed by atoms with Crippen molar-refractivity contribution in [1.29, 1.82) is 0 Å². The van der Waals surface area contributed by atoms with Gasteiger partial charge in [-0.1, -0.05) is 15.9 Å². The van der Waals surface area contributed by atoms with E-state index in [4.69, 9.17) is 4.42 Å². The monoisotopic (exact) mass is 349 g/mol. The quantitative estimate of drug-likeness (QED) is 0.855. The summed E-state index contributed by atoms with van der Waals surface area (Å²) in [6, 6.07) is 7.92. The molecular weight excluding hydrogens is 339 g/mol. The molecule has 3 nitrogen and oxygen atoms in total. The van der Waals surface area contributed by atoms with Gasteiger partial charge in [0.05, 0.1) is 12.2 Å². The Hall–Kier alpha value is -1.63. The van der Waals surface area contributed by atoms with Gasteiger partial charge in [-0.3, -0.25) is 0 Å². The van der Waals surface area contributed by atoms with E-state index < -0.39 is 6.36 Å². The number of hydrogen-bond acceptors (Lipinski definition) is 3. The highest BCUT2D eigenvalue weighted by molar-refractivity contribution is 9.10. The van der Waals surface area contributed by atoms with Crippen molar-refractivity contribution in [3.05, 3.63) is 46.3 Å². The Kier molecular flexibility index (Phi) is 4.27. The molecule has 0 bridgehead atoms. The van der Waals surface area contributed by atoms with Crippen molar-refractivity contribution in [2.45, 2.75) is 19.8 Å². The molecule has 2 aromatic rings. The first-order chi connectivity index (χ1) is 9.33. The molecule has 1 heterocycles. The Morgan fingerprint density at radius 2 is 2.00 bits per heavy atom. The number of halogens is 4. The summed E-state index contributed by atoms with van der Waals surface area (Å²) in [6.07, 6.45) is -4.74. The average molecular weight is 350 g/mol. The van der Waals surface area contributed by atoms with Crippen LogP contribution < -0.4 is 10.1 Å². The van der Waals surface area contributed by atoms with E-state index in [9.17, 15) is 13.2 Å². The van der Waals surface area contributed by atoms with Crippen molar-refractivity contribution in [2.75, 3.05) is 5.32 Å². The van der Waals surface area contributed by atoms with E-state index in [0.717, 1.165) is 5.76 Å². The van der Waals surface area contributed by atoms with Crippen LogP contribution in [0.5, 0.6) is 5.75 Å². The molecule has 2 rings (SSSR count). The summed E-state index contributed by atoms with van der Waals surface area (Å²) in [7, 11) is 0. The molecule has 108 valence electrons. The second kappa shape index (κ2) is 5.78. The molecule has 7 heteroatoms. The Bertz CT molecular complexity index is 596. The Morgan fingerprint density at radius 1 is 1.25 bits per heavy atom. The molecular formula is C13H11BrF3NO2. The van der Waals surface area contributed by atoms with Gasteiger partial charge in [0.25, 0.3) is 0 Å². The van der Waals surface area contributed by atoms with Crippen molar-refractivity contribution < 1.29 is 22.3 Å². The lowest BCUT2D eigenvalue weighted by atomic mass is 10.3. The lowest BCUT2D eigenvalue weighted by Gasteiger charge is -2.14. The molecule has 20 heavy (non-hydrogen) atoms. The number of nitrogens with one attached hydrogen (secondary N) is 1. The summed E-state index contributed by atoms with van der Waals surface area (Å²) in [5.41, 5.74) is 0.236. The van der Waals surface area contributed by atoms with E-state index in [-0.39, 0.29) is 18.0 Å². The number of aryl methyl sites for hydroxylation is 1. The van der Waals surface area contributed by atoms with Crippen LogP contribution in [0, 0.1) is 6.92 Å². The molecule has 0 spiro atoms. The molecule has 0 saturated carbocycles. The summed E-state index contributed by atoms with van der Waals surface area (Å²) in [5.74, 6) is 1.07. The van der Waals surface area contributed by atoms with Gasteiger partial charge in [-0.25, -0.2) is 0 Å². The van der Waals surface area contributed by atoms with Gasteiger partial charge in [0, 0.05) is 4.47 Å². The first-order valence-corrected chi connectivity index (χ1v) is 6.47. The molecule has 0 aliphatic carbocycles. The second-order valence-corrected chi connectivity index (χ2v) is 4.97. The zero-order valence-electron chi connectivity index (χ0n) is 10.4. The van der Waals surface area contributed by atoms with Crippen LogP contribution in [0.4, 0.5) is 18.9 Å². The number of ether oxygens (including phenoxy) is 1. The van der Waals surface area contributed by atoms with Crippen LogP contribution in [-0.4, -0.2) is 6.36 Å². The first kappa shape index (κ1) is 14.8. The molecule has 0 unspecified atom stereocenters. The van der Waals surface area contributed by atoms with Crippen molar-refractivity contribution in [3.63, 3.8) is 0 Å². The van der Waals surface area contributed by atoms with E-state index in [1.165, 1.54) is 12.1 Å². The van der Waals surface area contributed by atoms with Crippen LogP contribution in [0.3, 0.4) is 0 Å². The lowest BCUT2D eigenvalue weighted by molar-refractivity contribution is -0.274. The van der Waals surface area contributed by atoms with Crippen molar-refractivity contribution in [1.82, 2.24) is 0 Å². The fraction of sp³-hybridized carbons (Fsp3) is 0.231. The number of benzene rings is 1. The van der Waals surface area contributed by atoms with Gasteiger partial charge in [0.2, 0.25) is 0 Å². The fourth-order valence-electron chi connectivity index (χ4n) is 1.61. The molecule has 0 aliphatic rings. The van der Waals surface area contributed by atoms with Gasteiger partial charge in [-0.2, -0.15) is 0 Å². The van der Waals surface area contributed by atoms with E-state index in [2.05, 4.69) is 26.0 Å². The van der Waals surface area contributed by atoms with E-state index >= 15 is 0 Å². The molecule has 0 fully saturated rings. The lowest BCUT2D eigenvalue weighted by Crippen LogP contribution is -2.18. The smallest absolute Gasteiger partial charge is 0.465 e. The summed E-state index contributed by atoms with van der Waals surface area (Å²) in [6.45, 7) is 2.06. The minimum Gasteiger partial charge on any atom is -0.465 e. The highest BCUT2D eigenvalue weighted by atomic mass is 79.9. The summed E-state index contributed by atoms with van der Waals surface area (Å²) in [4.78, 5) is 0. The van der Waals surface area contributed by atoms with Gasteiger partial charge >= 0.3 is 6.36 Å². The molecule has 1 aromatic carbocycles. The Balaban J connectivity index is 2.14. The van der Waals surface area contributed by atoms with Crippen LogP contribution in [0.15, 0.2) is 39.2 Å². The molecule has 0 saturated heterocycles. The van der Waals surface area contributed by atoms with E-state index in [1.807, 2.05) is 0 Å². The number of furan rings is 1. The predicted octanol–water partition coefficient (Wildman–Crippen LogP) is 4.86. The summed E-state index contributed by atoms with van der Waals surface area (Å²) < 4.78 is 46.8. The minimum absolute atomic E-state index is 0.236. The van der Waals surface area contributed by atoms with Gasteiger partial charge in [-0.15, -0.1) is 13.2 Å². The maximum absolute atomic E-state index is 12.3. The van der Waals surface area contributed by atoms with Crippen LogP contribution >= 0.6 is 15.9 Å². The molecule has 0 amide bonds. The molecule has 0 radical (unpaired) electrons. The van der Waals surface area contributed by atoms with E-state index in [0.29, 0.717) is 10.2 Å². The maximum atomic E-state index is 12.3. The third-order valence-corrected chi connectivity index (χ3v) is 2.91. The third-order valence-electron chi connectivity index (χ3n) is 2.42. The van der Waals surface area contributed by atoms with Crippen molar-refractivity contribution in [2.24, 2.45) is 0 Å². The third kappa shape index (κ3) is 4.19. The van der Waals surface area contributed by atoms with Gasteiger partial charge in [0.1, 0.15) is 11.5 Å². The second-order valence-electron chi connectivity index (χ2n) is 4.05.